The first kappa shape index (κ1) is 25.1. The van der Waals surface area contributed by atoms with Crippen molar-refractivity contribution < 1.29 is 22.7 Å². The molecule has 0 saturated heterocycles. The van der Waals surface area contributed by atoms with Crippen LogP contribution in [0, 0.1) is 0 Å². The predicted molar refractivity (Wildman–Crippen MR) is 122 cm³/mol. The summed E-state index contributed by atoms with van der Waals surface area (Å²) in [6.45, 7) is 4.32. The fourth-order valence-electron chi connectivity index (χ4n) is 3.59. The Morgan fingerprint density at radius 3 is 2.26 bits per heavy atom. The average molecular weight is 469 g/mol. The van der Waals surface area contributed by atoms with E-state index >= 15 is 0 Å². The first-order chi connectivity index (χ1) is 14.3. The minimum atomic E-state index is -3.58. The largest absolute Gasteiger partial charge is 0.493 e. The Hall–Kier alpha value is -2.13. The van der Waals surface area contributed by atoms with E-state index in [2.05, 4.69) is 9.62 Å². The van der Waals surface area contributed by atoms with Gasteiger partial charge in [-0.25, -0.2) is 13.1 Å². The van der Waals surface area contributed by atoms with E-state index in [1.165, 1.54) is 42.3 Å². The standard InChI is InChI=1S/C22H28N2O5S.ClH/c1-16(25)17-5-7-20(8-6-17)30(26,27)23-10-4-11-24-12-9-18-13-21(28-2)22(29-3)14-19(18)15-24;/h5-8,13-14,23H,4,9-12,15H2,1-3H3;1H. The lowest BCUT2D eigenvalue weighted by Crippen LogP contribution is -2.33. The van der Waals surface area contributed by atoms with E-state index in [9.17, 15) is 13.2 Å². The van der Waals surface area contributed by atoms with Crippen molar-refractivity contribution in [2.45, 2.75) is 31.2 Å². The number of benzene rings is 2. The fourth-order valence-corrected chi connectivity index (χ4v) is 4.67. The number of halogens is 1. The van der Waals surface area contributed by atoms with Crippen molar-refractivity contribution >= 4 is 28.2 Å². The van der Waals surface area contributed by atoms with Crippen LogP contribution in [0.1, 0.15) is 34.8 Å². The smallest absolute Gasteiger partial charge is 0.240 e. The number of methoxy groups -OCH3 is 2. The van der Waals surface area contributed by atoms with Gasteiger partial charge in [0.2, 0.25) is 10.0 Å². The number of nitrogens with zero attached hydrogens (tertiary/aromatic N) is 1. The minimum absolute atomic E-state index is 0. The van der Waals surface area contributed by atoms with Gasteiger partial charge in [0.05, 0.1) is 19.1 Å². The van der Waals surface area contributed by atoms with Gasteiger partial charge >= 0.3 is 0 Å². The third kappa shape index (κ3) is 6.20. The maximum Gasteiger partial charge on any atom is 0.240 e. The second-order valence-electron chi connectivity index (χ2n) is 7.33. The summed E-state index contributed by atoms with van der Waals surface area (Å²) >= 11 is 0. The highest BCUT2D eigenvalue weighted by molar-refractivity contribution is 7.89. The summed E-state index contributed by atoms with van der Waals surface area (Å²) in [5.41, 5.74) is 2.97. The maximum absolute atomic E-state index is 12.4. The number of hydrogen-bond acceptors (Lipinski definition) is 6. The molecule has 0 bridgehead atoms. The molecule has 0 fully saturated rings. The Morgan fingerprint density at radius 1 is 1.06 bits per heavy atom. The van der Waals surface area contributed by atoms with Gasteiger partial charge in [-0.15, -0.1) is 12.4 Å². The maximum atomic E-state index is 12.4. The molecule has 0 aromatic heterocycles. The fraction of sp³-hybridized carbons (Fsp3) is 0.409. The van der Waals surface area contributed by atoms with Crippen LogP contribution in [0.4, 0.5) is 0 Å². The van der Waals surface area contributed by atoms with Crippen LogP contribution in [0.15, 0.2) is 41.3 Å². The Labute approximate surface area is 190 Å². The lowest BCUT2D eigenvalue weighted by Gasteiger charge is -2.29. The molecule has 7 nitrogen and oxygen atoms in total. The van der Waals surface area contributed by atoms with E-state index in [1.807, 2.05) is 12.1 Å². The number of Topliss-reactive ketones (excluding diaryl/α,β-unsaturated/α-hetero) is 1. The van der Waals surface area contributed by atoms with Crippen molar-refractivity contribution in [2.75, 3.05) is 33.9 Å². The van der Waals surface area contributed by atoms with Gasteiger partial charge in [0, 0.05) is 25.2 Å². The first-order valence-corrected chi connectivity index (χ1v) is 11.4. The van der Waals surface area contributed by atoms with Gasteiger partial charge in [-0.1, -0.05) is 12.1 Å². The molecule has 1 heterocycles. The van der Waals surface area contributed by atoms with Crippen molar-refractivity contribution in [3.8, 4) is 11.5 Å². The zero-order chi connectivity index (χ0) is 21.7. The number of ether oxygens (including phenoxy) is 2. The molecule has 170 valence electrons. The number of hydrogen-bond donors (Lipinski definition) is 1. The molecular formula is C22H29ClN2O5S. The van der Waals surface area contributed by atoms with Crippen LogP contribution in [-0.4, -0.2) is 53.0 Å². The average Bonchev–Trinajstić information content (AvgIpc) is 2.75. The third-order valence-electron chi connectivity index (χ3n) is 5.31. The minimum Gasteiger partial charge on any atom is -0.493 e. The summed E-state index contributed by atoms with van der Waals surface area (Å²) < 4.78 is 38.3. The molecule has 31 heavy (non-hydrogen) atoms. The molecule has 1 aliphatic rings. The number of nitrogens with one attached hydrogen (secondary N) is 1. The second kappa shape index (κ2) is 10.9. The summed E-state index contributed by atoms with van der Waals surface area (Å²) in [4.78, 5) is 13.8. The molecule has 0 saturated carbocycles. The van der Waals surface area contributed by atoms with Gasteiger partial charge in [0.25, 0.3) is 0 Å². The van der Waals surface area contributed by atoms with Crippen LogP contribution in [0.25, 0.3) is 0 Å². The van der Waals surface area contributed by atoms with Crippen molar-refractivity contribution in [3.63, 3.8) is 0 Å². The van der Waals surface area contributed by atoms with Gasteiger partial charge in [0.1, 0.15) is 0 Å². The molecule has 0 atom stereocenters. The van der Waals surface area contributed by atoms with E-state index in [4.69, 9.17) is 9.47 Å². The number of sulfonamides is 1. The number of carbonyl (C=O) groups is 1. The van der Waals surface area contributed by atoms with E-state index in [0.717, 1.165) is 37.6 Å². The second-order valence-corrected chi connectivity index (χ2v) is 9.10. The first-order valence-electron chi connectivity index (χ1n) is 9.91. The molecule has 1 aliphatic heterocycles. The number of fused-ring (bicyclic) bond motifs is 1. The summed E-state index contributed by atoms with van der Waals surface area (Å²) in [7, 11) is -0.315. The van der Waals surface area contributed by atoms with Crippen molar-refractivity contribution in [1.82, 2.24) is 9.62 Å². The molecule has 1 N–H and O–H groups in total. The van der Waals surface area contributed by atoms with Crippen LogP contribution in [-0.2, 0) is 23.0 Å². The monoisotopic (exact) mass is 468 g/mol. The SMILES string of the molecule is COc1cc2c(cc1OC)CN(CCCNS(=O)(=O)c1ccc(C(C)=O)cc1)CC2.Cl. The molecule has 2 aromatic carbocycles. The summed E-state index contributed by atoms with van der Waals surface area (Å²) in [6, 6.07) is 10.0. The topological polar surface area (TPSA) is 84.9 Å². The Balaban J connectivity index is 0.00000341. The molecule has 3 rings (SSSR count). The van der Waals surface area contributed by atoms with Crippen LogP contribution in [0.5, 0.6) is 11.5 Å². The van der Waals surface area contributed by atoms with Gasteiger partial charge in [-0.3, -0.25) is 9.69 Å². The van der Waals surface area contributed by atoms with Crippen LogP contribution < -0.4 is 14.2 Å². The van der Waals surface area contributed by atoms with E-state index in [-0.39, 0.29) is 23.1 Å². The molecule has 9 heteroatoms. The molecule has 0 radical (unpaired) electrons. The van der Waals surface area contributed by atoms with Gasteiger partial charge in [0.15, 0.2) is 17.3 Å². The molecular weight excluding hydrogens is 440 g/mol. The van der Waals surface area contributed by atoms with Gasteiger partial charge < -0.3 is 9.47 Å². The summed E-state index contributed by atoms with van der Waals surface area (Å²) in [5.74, 6) is 1.38. The van der Waals surface area contributed by atoms with Crippen LogP contribution >= 0.6 is 12.4 Å². The molecule has 2 aromatic rings. The lowest BCUT2D eigenvalue weighted by atomic mass is 9.98. The number of carbonyl (C=O) groups excluding carboxylic acids is 1. The summed E-state index contributed by atoms with van der Waals surface area (Å²) in [5, 5.41) is 0. The van der Waals surface area contributed by atoms with Gasteiger partial charge in [-0.2, -0.15) is 0 Å². The lowest BCUT2D eigenvalue weighted by molar-refractivity contribution is 0.101. The number of rotatable bonds is 9. The van der Waals surface area contributed by atoms with E-state index < -0.39 is 10.0 Å². The van der Waals surface area contributed by atoms with E-state index in [1.54, 1.807) is 14.2 Å². The molecule has 0 aliphatic carbocycles. The Kier molecular flexibility index (Phi) is 8.88. The van der Waals surface area contributed by atoms with Gasteiger partial charge in [-0.05, 0) is 61.7 Å². The highest BCUT2D eigenvalue weighted by Gasteiger charge is 2.20. The van der Waals surface area contributed by atoms with E-state index in [0.29, 0.717) is 18.5 Å². The highest BCUT2D eigenvalue weighted by atomic mass is 35.5. The van der Waals surface area contributed by atoms with Crippen molar-refractivity contribution in [3.05, 3.63) is 53.1 Å². The van der Waals surface area contributed by atoms with Crippen molar-refractivity contribution in [1.29, 1.82) is 0 Å². The zero-order valence-corrected chi connectivity index (χ0v) is 19.6. The third-order valence-corrected chi connectivity index (χ3v) is 6.79. The number of ketones is 1. The van der Waals surface area contributed by atoms with Crippen LogP contribution in [0.3, 0.4) is 0 Å². The normalized spacial score (nSPS) is 13.8. The Bertz CT molecular complexity index is 1010. The van der Waals surface area contributed by atoms with Crippen LogP contribution in [0.2, 0.25) is 0 Å². The predicted octanol–water partition coefficient (Wildman–Crippen LogP) is 3.05. The molecule has 0 spiro atoms. The zero-order valence-electron chi connectivity index (χ0n) is 18.0. The highest BCUT2D eigenvalue weighted by Crippen LogP contribution is 2.33. The van der Waals surface area contributed by atoms with Crippen molar-refractivity contribution in [2.24, 2.45) is 0 Å². The quantitative estimate of drug-likeness (QED) is 0.449. The summed E-state index contributed by atoms with van der Waals surface area (Å²) in [6.07, 6.45) is 1.62. The molecule has 0 unspecified atom stereocenters. The Morgan fingerprint density at radius 2 is 1.68 bits per heavy atom. The molecule has 0 amide bonds.